The van der Waals surface area contributed by atoms with Gasteiger partial charge in [-0.05, 0) is 43.3 Å². The van der Waals surface area contributed by atoms with Crippen LogP contribution in [-0.2, 0) is 10.0 Å². The van der Waals surface area contributed by atoms with Gasteiger partial charge in [-0.2, -0.15) is 4.31 Å². The highest BCUT2D eigenvalue weighted by molar-refractivity contribution is 7.89. The maximum absolute atomic E-state index is 12.5. The molecule has 3 aromatic rings. The van der Waals surface area contributed by atoms with Gasteiger partial charge in [0.2, 0.25) is 10.0 Å². The predicted molar refractivity (Wildman–Crippen MR) is 117 cm³/mol. The molecule has 0 spiro atoms. The average Bonchev–Trinajstić information content (AvgIpc) is 3.15. The number of carbonyl (C=O) groups is 1. The number of aryl methyl sites for hydroxylation is 1. The summed E-state index contributed by atoms with van der Waals surface area (Å²) in [5.74, 6) is -0.297. The molecule has 0 aliphatic rings. The molecular formula is C21H23N3O3S2. The fourth-order valence-electron chi connectivity index (χ4n) is 2.91. The maximum atomic E-state index is 12.5. The zero-order valence-electron chi connectivity index (χ0n) is 16.5. The molecule has 1 amide bonds. The largest absolute Gasteiger partial charge is 0.322 e. The van der Waals surface area contributed by atoms with Crippen LogP contribution in [0.5, 0.6) is 0 Å². The molecule has 0 atom stereocenters. The first kappa shape index (κ1) is 21.2. The molecule has 0 saturated heterocycles. The smallest absolute Gasteiger partial charge is 0.255 e. The molecule has 8 heteroatoms. The van der Waals surface area contributed by atoms with Gasteiger partial charge in [-0.15, -0.1) is 11.3 Å². The quantitative estimate of drug-likeness (QED) is 0.604. The van der Waals surface area contributed by atoms with Crippen molar-refractivity contribution in [1.82, 2.24) is 9.29 Å². The number of amides is 1. The van der Waals surface area contributed by atoms with E-state index in [1.54, 1.807) is 25.2 Å². The van der Waals surface area contributed by atoms with Crippen LogP contribution in [0.4, 0.5) is 5.69 Å². The minimum atomic E-state index is -3.54. The minimum Gasteiger partial charge on any atom is -0.322 e. The Bertz CT molecular complexity index is 1080. The summed E-state index contributed by atoms with van der Waals surface area (Å²) in [5, 5.41) is 5.83. The molecule has 1 aromatic heterocycles. The summed E-state index contributed by atoms with van der Waals surface area (Å²) in [6.07, 6.45) is 0. The van der Waals surface area contributed by atoms with Crippen molar-refractivity contribution in [1.29, 1.82) is 0 Å². The van der Waals surface area contributed by atoms with Crippen molar-refractivity contribution in [2.75, 3.05) is 18.4 Å². The molecule has 152 valence electrons. The molecule has 1 N–H and O–H groups in total. The summed E-state index contributed by atoms with van der Waals surface area (Å²) in [7, 11) is -3.54. The number of hydrogen-bond donors (Lipinski definition) is 1. The van der Waals surface area contributed by atoms with E-state index < -0.39 is 10.0 Å². The fraction of sp³-hybridized carbons (Fsp3) is 0.238. The molecule has 0 radical (unpaired) electrons. The van der Waals surface area contributed by atoms with Gasteiger partial charge < -0.3 is 5.32 Å². The highest BCUT2D eigenvalue weighted by Crippen LogP contribution is 2.23. The third-order valence-corrected chi connectivity index (χ3v) is 7.35. The van der Waals surface area contributed by atoms with E-state index in [1.807, 2.05) is 36.6 Å². The Labute approximate surface area is 175 Å². The van der Waals surface area contributed by atoms with Crippen molar-refractivity contribution >= 4 is 33.0 Å². The van der Waals surface area contributed by atoms with Crippen molar-refractivity contribution in [2.45, 2.75) is 25.7 Å². The van der Waals surface area contributed by atoms with E-state index in [-0.39, 0.29) is 10.8 Å². The molecule has 2 aromatic carbocycles. The van der Waals surface area contributed by atoms with Gasteiger partial charge in [0.05, 0.1) is 15.6 Å². The Morgan fingerprint density at radius 3 is 2.17 bits per heavy atom. The molecule has 0 aliphatic carbocycles. The highest BCUT2D eigenvalue weighted by atomic mass is 32.2. The van der Waals surface area contributed by atoms with Gasteiger partial charge in [-0.25, -0.2) is 13.4 Å². The van der Waals surface area contributed by atoms with E-state index in [0.717, 1.165) is 16.3 Å². The van der Waals surface area contributed by atoms with Crippen molar-refractivity contribution in [3.05, 3.63) is 64.5 Å². The van der Waals surface area contributed by atoms with Gasteiger partial charge in [0.15, 0.2) is 0 Å². The topological polar surface area (TPSA) is 79.4 Å². The first-order valence-corrected chi connectivity index (χ1v) is 11.6. The summed E-state index contributed by atoms with van der Waals surface area (Å²) in [6, 6.07) is 13.4. The van der Waals surface area contributed by atoms with E-state index >= 15 is 0 Å². The highest BCUT2D eigenvalue weighted by Gasteiger charge is 2.21. The first-order valence-electron chi connectivity index (χ1n) is 9.29. The number of aromatic nitrogens is 1. The lowest BCUT2D eigenvalue weighted by Crippen LogP contribution is -2.30. The number of nitrogens with one attached hydrogen (secondary N) is 1. The van der Waals surface area contributed by atoms with Crippen LogP contribution < -0.4 is 5.32 Å². The van der Waals surface area contributed by atoms with Gasteiger partial charge in [0, 0.05) is 35.3 Å². The number of rotatable bonds is 7. The zero-order chi connectivity index (χ0) is 21.0. The van der Waals surface area contributed by atoms with Gasteiger partial charge >= 0.3 is 0 Å². The van der Waals surface area contributed by atoms with Crippen LogP contribution >= 0.6 is 11.3 Å². The Morgan fingerprint density at radius 1 is 1.03 bits per heavy atom. The van der Waals surface area contributed by atoms with Crippen molar-refractivity contribution in [2.24, 2.45) is 0 Å². The standard InChI is InChI=1S/C21H23N3O3S2/c1-4-24(5-2)29(26,27)19-12-8-17(9-13-19)21(25)23-18-10-6-16(7-11-18)20-14-28-15(3)22-20/h6-14H,4-5H2,1-3H3,(H,23,25). The van der Waals surface area contributed by atoms with E-state index in [2.05, 4.69) is 10.3 Å². The predicted octanol–water partition coefficient (Wildman–Crippen LogP) is 4.40. The normalized spacial score (nSPS) is 11.6. The van der Waals surface area contributed by atoms with Crippen LogP contribution in [0.2, 0.25) is 0 Å². The van der Waals surface area contributed by atoms with Crippen LogP contribution in [0.3, 0.4) is 0 Å². The van der Waals surface area contributed by atoms with Gasteiger partial charge in [0.25, 0.3) is 5.91 Å². The Morgan fingerprint density at radius 2 is 1.66 bits per heavy atom. The summed E-state index contributed by atoms with van der Waals surface area (Å²) >= 11 is 1.59. The Kier molecular flexibility index (Phi) is 6.46. The lowest BCUT2D eigenvalue weighted by atomic mass is 10.1. The summed E-state index contributed by atoms with van der Waals surface area (Å²) in [5.41, 5.74) is 2.95. The lowest BCUT2D eigenvalue weighted by molar-refractivity contribution is 0.102. The molecule has 0 fully saturated rings. The van der Waals surface area contributed by atoms with E-state index in [4.69, 9.17) is 0 Å². The fourth-order valence-corrected chi connectivity index (χ4v) is 4.99. The molecule has 6 nitrogen and oxygen atoms in total. The second-order valence-corrected chi connectivity index (χ2v) is 9.40. The summed E-state index contributed by atoms with van der Waals surface area (Å²) in [6.45, 7) is 6.35. The number of benzene rings is 2. The molecule has 0 bridgehead atoms. The second-order valence-electron chi connectivity index (χ2n) is 6.40. The maximum Gasteiger partial charge on any atom is 0.255 e. The molecular weight excluding hydrogens is 406 g/mol. The molecule has 0 unspecified atom stereocenters. The number of anilines is 1. The van der Waals surface area contributed by atoms with Crippen LogP contribution in [0, 0.1) is 6.92 Å². The number of nitrogens with zero attached hydrogens (tertiary/aromatic N) is 2. The Balaban J connectivity index is 1.71. The number of carbonyl (C=O) groups excluding carboxylic acids is 1. The van der Waals surface area contributed by atoms with Crippen molar-refractivity contribution in [3.63, 3.8) is 0 Å². The van der Waals surface area contributed by atoms with Crippen LogP contribution in [0.1, 0.15) is 29.2 Å². The molecule has 0 saturated carbocycles. The van der Waals surface area contributed by atoms with Gasteiger partial charge in [-0.3, -0.25) is 4.79 Å². The zero-order valence-corrected chi connectivity index (χ0v) is 18.2. The van der Waals surface area contributed by atoms with E-state index in [1.165, 1.54) is 28.6 Å². The Hall–Kier alpha value is -2.55. The molecule has 1 heterocycles. The number of sulfonamides is 1. The molecule has 3 rings (SSSR count). The number of thiazole rings is 1. The third kappa shape index (κ3) is 4.72. The third-order valence-electron chi connectivity index (χ3n) is 4.52. The number of hydrogen-bond acceptors (Lipinski definition) is 5. The van der Waals surface area contributed by atoms with Gasteiger partial charge in [-0.1, -0.05) is 26.0 Å². The van der Waals surface area contributed by atoms with E-state index in [9.17, 15) is 13.2 Å². The first-order chi connectivity index (χ1) is 13.8. The summed E-state index contributed by atoms with van der Waals surface area (Å²) < 4.78 is 26.5. The van der Waals surface area contributed by atoms with Crippen LogP contribution in [-0.4, -0.2) is 36.7 Å². The van der Waals surface area contributed by atoms with Crippen LogP contribution in [0.15, 0.2) is 58.8 Å². The average molecular weight is 430 g/mol. The summed E-state index contributed by atoms with van der Waals surface area (Å²) in [4.78, 5) is 17.1. The lowest BCUT2D eigenvalue weighted by Gasteiger charge is -2.18. The van der Waals surface area contributed by atoms with Crippen LogP contribution in [0.25, 0.3) is 11.3 Å². The van der Waals surface area contributed by atoms with Crippen molar-refractivity contribution < 1.29 is 13.2 Å². The van der Waals surface area contributed by atoms with E-state index in [0.29, 0.717) is 24.3 Å². The van der Waals surface area contributed by atoms with Crippen molar-refractivity contribution in [3.8, 4) is 11.3 Å². The SMILES string of the molecule is CCN(CC)S(=O)(=O)c1ccc(C(=O)Nc2ccc(-c3csc(C)n3)cc2)cc1. The minimum absolute atomic E-state index is 0.181. The monoisotopic (exact) mass is 429 g/mol. The van der Waals surface area contributed by atoms with Gasteiger partial charge in [0.1, 0.15) is 0 Å². The second kappa shape index (κ2) is 8.86. The molecule has 29 heavy (non-hydrogen) atoms. The molecule has 0 aliphatic heterocycles.